The zero-order valence-corrected chi connectivity index (χ0v) is 24.6. The average molecular weight is 537 g/mol. The number of unbranched alkanes of at least 4 members (excludes halogenated alkanes) is 2. The van der Waals surface area contributed by atoms with Gasteiger partial charge in [0.1, 0.15) is 0 Å². The Morgan fingerprint density at radius 1 is 1.13 bits per heavy atom. The van der Waals surface area contributed by atoms with Crippen LogP contribution in [0.2, 0.25) is 0 Å². The molecule has 1 heterocycles. The summed E-state index contributed by atoms with van der Waals surface area (Å²) in [4.78, 5) is 0. The maximum atomic E-state index is 10.9. The van der Waals surface area contributed by atoms with Crippen molar-refractivity contribution in [2.75, 3.05) is 13.2 Å². The third-order valence-corrected chi connectivity index (χ3v) is 8.80. The molecule has 1 aliphatic heterocycles. The van der Waals surface area contributed by atoms with Crippen LogP contribution in [-0.2, 0) is 20.8 Å². The number of aliphatic hydroxyl groups excluding tert-OH is 1. The van der Waals surface area contributed by atoms with Gasteiger partial charge in [0, 0.05) is 19.1 Å². The van der Waals surface area contributed by atoms with Crippen LogP contribution in [0.5, 0.6) is 0 Å². The van der Waals surface area contributed by atoms with Crippen LogP contribution in [0.4, 0.5) is 0 Å². The van der Waals surface area contributed by atoms with Gasteiger partial charge in [-0.3, -0.25) is 0 Å². The van der Waals surface area contributed by atoms with Crippen LogP contribution < -0.4 is 0 Å². The van der Waals surface area contributed by atoms with Crippen LogP contribution in [0.15, 0.2) is 65.8 Å². The molecule has 3 unspecified atom stereocenters. The first-order chi connectivity index (χ1) is 19.0. The summed E-state index contributed by atoms with van der Waals surface area (Å²) in [5.41, 5.74) is 4.18. The van der Waals surface area contributed by atoms with Gasteiger partial charge in [-0.2, -0.15) is 0 Å². The van der Waals surface area contributed by atoms with Gasteiger partial charge in [0.15, 0.2) is 6.29 Å². The van der Waals surface area contributed by atoms with Crippen molar-refractivity contribution >= 4 is 0 Å². The molecule has 1 aromatic carbocycles. The van der Waals surface area contributed by atoms with E-state index in [1.165, 1.54) is 43.2 Å². The summed E-state index contributed by atoms with van der Waals surface area (Å²) in [6.45, 7) is 8.73. The largest absolute Gasteiger partial charge is 0.389 e. The fourth-order valence-corrected chi connectivity index (χ4v) is 6.42. The highest BCUT2D eigenvalue weighted by atomic mass is 16.7. The second-order valence-corrected chi connectivity index (χ2v) is 12.4. The van der Waals surface area contributed by atoms with E-state index in [0.717, 1.165) is 45.3 Å². The molecule has 3 aliphatic rings. The Hall–Kier alpha value is -1.72. The van der Waals surface area contributed by atoms with Crippen LogP contribution >= 0.6 is 0 Å². The predicted octanol–water partition coefficient (Wildman–Crippen LogP) is 8.17. The first kappa shape index (κ1) is 30.2. The molecule has 4 heteroatoms. The molecule has 0 radical (unpaired) electrons. The van der Waals surface area contributed by atoms with Gasteiger partial charge in [-0.25, -0.2) is 0 Å². The molecule has 1 saturated carbocycles. The number of benzene rings is 1. The van der Waals surface area contributed by atoms with E-state index in [1.807, 2.05) is 6.07 Å². The molecule has 4 nitrogen and oxygen atoms in total. The van der Waals surface area contributed by atoms with Crippen LogP contribution in [0.3, 0.4) is 0 Å². The van der Waals surface area contributed by atoms with Crippen molar-refractivity contribution in [2.24, 2.45) is 23.7 Å². The topological polar surface area (TPSA) is 47.9 Å². The normalized spacial score (nSPS) is 28.3. The van der Waals surface area contributed by atoms with Gasteiger partial charge in [-0.05, 0) is 95.0 Å². The molecule has 1 saturated heterocycles. The molecule has 39 heavy (non-hydrogen) atoms. The van der Waals surface area contributed by atoms with Crippen molar-refractivity contribution in [2.45, 2.75) is 110 Å². The average Bonchev–Trinajstić information content (AvgIpc) is 3.48. The fraction of sp³-hybridized carbons (Fsp3) is 0.657. The van der Waals surface area contributed by atoms with E-state index in [-0.39, 0.29) is 18.3 Å². The minimum Gasteiger partial charge on any atom is -0.389 e. The van der Waals surface area contributed by atoms with Gasteiger partial charge in [0.05, 0.1) is 18.8 Å². The quantitative estimate of drug-likeness (QED) is 0.181. The highest BCUT2D eigenvalue weighted by Gasteiger charge is 2.45. The summed E-state index contributed by atoms with van der Waals surface area (Å²) in [5.74, 6) is 1.71. The van der Waals surface area contributed by atoms with E-state index in [4.69, 9.17) is 14.2 Å². The number of ether oxygens (including phenoxy) is 3. The predicted molar refractivity (Wildman–Crippen MR) is 159 cm³/mol. The van der Waals surface area contributed by atoms with Gasteiger partial charge < -0.3 is 19.3 Å². The molecular weight excluding hydrogens is 484 g/mol. The van der Waals surface area contributed by atoms with Gasteiger partial charge in [-0.15, -0.1) is 0 Å². The molecule has 2 fully saturated rings. The minimum atomic E-state index is -0.427. The molecule has 0 aromatic heterocycles. The van der Waals surface area contributed by atoms with Crippen LogP contribution in [0.1, 0.15) is 90.5 Å². The highest BCUT2D eigenvalue weighted by molar-refractivity contribution is 5.21. The number of fused-ring (bicyclic) bond motifs is 1. The monoisotopic (exact) mass is 536 g/mol. The number of allylic oxidation sites excluding steroid dienone is 4. The molecule has 1 aromatic rings. The Labute approximate surface area is 237 Å². The van der Waals surface area contributed by atoms with Crippen molar-refractivity contribution in [3.05, 3.63) is 71.3 Å². The highest BCUT2D eigenvalue weighted by Crippen LogP contribution is 2.50. The third kappa shape index (κ3) is 9.70. The molecule has 1 N–H and O–H groups in total. The molecule has 4 rings (SSSR count). The number of aliphatic hydroxyl groups is 1. The zero-order chi connectivity index (χ0) is 27.5. The molecule has 0 bridgehead atoms. The van der Waals surface area contributed by atoms with E-state index >= 15 is 0 Å². The Kier molecular flexibility index (Phi) is 12.3. The fourth-order valence-electron chi connectivity index (χ4n) is 6.42. The van der Waals surface area contributed by atoms with E-state index in [0.29, 0.717) is 24.4 Å². The van der Waals surface area contributed by atoms with Gasteiger partial charge in [0.25, 0.3) is 0 Å². The zero-order valence-electron chi connectivity index (χ0n) is 24.6. The third-order valence-electron chi connectivity index (χ3n) is 8.80. The molecule has 0 amide bonds. The number of rotatable bonds is 15. The van der Waals surface area contributed by atoms with Crippen molar-refractivity contribution in [3.63, 3.8) is 0 Å². The van der Waals surface area contributed by atoms with E-state index < -0.39 is 6.10 Å². The summed E-state index contributed by atoms with van der Waals surface area (Å²) in [7, 11) is 0. The first-order valence-corrected chi connectivity index (χ1v) is 15.6. The molecular formula is C35H52O4. The van der Waals surface area contributed by atoms with E-state index in [2.05, 4.69) is 69.3 Å². The van der Waals surface area contributed by atoms with Crippen LogP contribution in [-0.4, -0.2) is 36.8 Å². The molecule has 0 spiro atoms. The molecule has 7 atom stereocenters. The SMILES string of the molecule is CC(C)=CCC(C)C(O)C=C[C@@H]1[C@@H]2CC(CCCCCOCc3ccccc3)=C[C@@H]2C[C@H]1OC1CCCCO1. The summed E-state index contributed by atoms with van der Waals surface area (Å²) in [5, 5.41) is 10.9. The minimum absolute atomic E-state index is 0.0625. The van der Waals surface area contributed by atoms with E-state index in [1.54, 1.807) is 5.57 Å². The summed E-state index contributed by atoms with van der Waals surface area (Å²) >= 11 is 0. The summed E-state index contributed by atoms with van der Waals surface area (Å²) in [6, 6.07) is 10.4. The van der Waals surface area contributed by atoms with Crippen molar-refractivity contribution in [1.29, 1.82) is 0 Å². The van der Waals surface area contributed by atoms with Crippen molar-refractivity contribution < 1.29 is 19.3 Å². The van der Waals surface area contributed by atoms with E-state index in [9.17, 15) is 5.11 Å². The first-order valence-electron chi connectivity index (χ1n) is 15.6. The maximum absolute atomic E-state index is 10.9. The molecule has 2 aliphatic carbocycles. The Morgan fingerprint density at radius 3 is 2.74 bits per heavy atom. The second kappa shape index (κ2) is 15.9. The summed E-state index contributed by atoms with van der Waals surface area (Å²) in [6.07, 6.45) is 20.1. The summed E-state index contributed by atoms with van der Waals surface area (Å²) < 4.78 is 18.4. The lowest BCUT2D eigenvalue weighted by molar-refractivity contribution is -0.192. The van der Waals surface area contributed by atoms with Crippen molar-refractivity contribution in [3.8, 4) is 0 Å². The van der Waals surface area contributed by atoms with Crippen LogP contribution in [0.25, 0.3) is 0 Å². The van der Waals surface area contributed by atoms with Gasteiger partial charge in [0.2, 0.25) is 0 Å². The molecule has 216 valence electrons. The lowest BCUT2D eigenvalue weighted by Crippen LogP contribution is -2.31. The van der Waals surface area contributed by atoms with Crippen molar-refractivity contribution in [1.82, 2.24) is 0 Å². The van der Waals surface area contributed by atoms with Gasteiger partial charge >= 0.3 is 0 Å². The lowest BCUT2D eigenvalue weighted by atomic mass is 9.87. The Morgan fingerprint density at radius 2 is 1.97 bits per heavy atom. The second-order valence-electron chi connectivity index (χ2n) is 12.4. The smallest absolute Gasteiger partial charge is 0.157 e. The number of hydrogen-bond acceptors (Lipinski definition) is 4. The van der Waals surface area contributed by atoms with Gasteiger partial charge in [-0.1, -0.05) is 79.1 Å². The standard InChI is InChI=1S/C35H52O4/c1-26(2)16-17-27(3)33(36)19-18-31-32-23-29(14-8-5-10-20-37-25-28-12-6-4-7-13-28)22-30(32)24-34(31)39-35-15-9-11-21-38-35/h4,6-7,12-13,16,18-19,22,27,30-36H,5,8-11,14-15,17,20-21,23-25H2,1-3H3/t27?,30-,31-,32-,33?,34-,35?/m1/s1. The Balaban J connectivity index is 1.25. The maximum Gasteiger partial charge on any atom is 0.157 e. The number of hydrogen-bond donors (Lipinski definition) is 1. The Bertz CT molecular complexity index is 925. The lowest BCUT2D eigenvalue weighted by Gasteiger charge is -2.29. The van der Waals surface area contributed by atoms with Crippen LogP contribution in [0, 0.1) is 23.7 Å².